The van der Waals surface area contributed by atoms with E-state index in [1.54, 1.807) is 50.2 Å². The highest BCUT2D eigenvalue weighted by atomic mass is 35.5. The molecule has 0 unspecified atom stereocenters. The van der Waals surface area contributed by atoms with Gasteiger partial charge in [0.05, 0.1) is 20.5 Å². The van der Waals surface area contributed by atoms with E-state index in [4.69, 9.17) is 11.6 Å². The molecule has 0 atom stereocenters. The van der Waals surface area contributed by atoms with Crippen molar-refractivity contribution in [1.82, 2.24) is 4.31 Å². The number of anilines is 2. The minimum absolute atomic E-state index is 0.0486. The Hall–Kier alpha value is -2.72. The van der Waals surface area contributed by atoms with Gasteiger partial charge in [0.25, 0.3) is 11.8 Å². The van der Waals surface area contributed by atoms with Crippen LogP contribution in [0.2, 0.25) is 5.02 Å². The summed E-state index contributed by atoms with van der Waals surface area (Å²) in [5.41, 5.74) is 1.07. The van der Waals surface area contributed by atoms with Gasteiger partial charge in [0.15, 0.2) is 0 Å². The van der Waals surface area contributed by atoms with Crippen molar-refractivity contribution in [2.75, 3.05) is 23.7 Å². The topological polar surface area (TPSA) is 95.6 Å². The van der Waals surface area contributed by atoms with Crippen LogP contribution in [0.25, 0.3) is 0 Å². The van der Waals surface area contributed by atoms with Gasteiger partial charge in [0.1, 0.15) is 0 Å². The van der Waals surface area contributed by atoms with Crippen LogP contribution in [-0.2, 0) is 10.0 Å². The van der Waals surface area contributed by atoms with Gasteiger partial charge in [-0.25, -0.2) is 8.42 Å². The molecule has 0 saturated heterocycles. The van der Waals surface area contributed by atoms with Crippen molar-refractivity contribution in [3.8, 4) is 0 Å². The standard InChI is InChI=1S/C22H22ClN3O4S2/c1-3-26(4-2)32(29,30)17-11-12-18(23)19(14-17)25-21(27)15-7-9-16(10-8-15)24-22(28)20-6-5-13-31-20/h5-14H,3-4H2,1-2H3,(H,24,28)(H,25,27). The van der Waals surface area contributed by atoms with E-state index in [-0.39, 0.29) is 21.5 Å². The first kappa shape index (κ1) is 23.9. The van der Waals surface area contributed by atoms with Crippen molar-refractivity contribution in [2.45, 2.75) is 18.7 Å². The first-order chi connectivity index (χ1) is 15.3. The zero-order valence-corrected chi connectivity index (χ0v) is 19.9. The quantitative estimate of drug-likeness (QED) is 0.466. The third-order valence-corrected chi connectivity index (χ3v) is 7.92. The summed E-state index contributed by atoms with van der Waals surface area (Å²) >= 11 is 7.52. The molecule has 3 aromatic rings. The second-order valence-corrected chi connectivity index (χ2v) is 9.99. The smallest absolute Gasteiger partial charge is 0.265 e. The number of halogens is 1. The van der Waals surface area contributed by atoms with Gasteiger partial charge in [0, 0.05) is 24.3 Å². The Kier molecular flexibility index (Phi) is 7.68. The Balaban J connectivity index is 1.75. The van der Waals surface area contributed by atoms with Crippen molar-refractivity contribution in [1.29, 1.82) is 0 Å². The fourth-order valence-electron chi connectivity index (χ4n) is 2.97. The number of carbonyl (C=O) groups excluding carboxylic acids is 2. The zero-order valence-electron chi connectivity index (χ0n) is 17.5. The molecule has 2 amide bonds. The van der Waals surface area contributed by atoms with Gasteiger partial charge in [-0.15, -0.1) is 11.3 Å². The third kappa shape index (κ3) is 5.36. The van der Waals surface area contributed by atoms with Gasteiger partial charge >= 0.3 is 0 Å². The normalized spacial score (nSPS) is 11.4. The van der Waals surface area contributed by atoms with Crippen LogP contribution in [0.5, 0.6) is 0 Å². The first-order valence-corrected chi connectivity index (χ1v) is 12.5. The maximum atomic E-state index is 12.8. The molecule has 10 heteroatoms. The van der Waals surface area contributed by atoms with E-state index in [1.165, 1.54) is 33.8 Å². The Morgan fingerprint density at radius 3 is 2.25 bits per heavy atom. The lowest BCUT2D eigenvalue weighted by Gasteiger charge is -2.19. The minimum Gasteiger partial charge on any atom is -0.321 e. The van der Waals surface area contributed by atoms with Gasteiger partial charge in [-0.3, -0.25) is 9.59 Å². The predicted octanol–water partition coefficient (Wildman–Crippen LogP) is 4.94. The monoisotopic (exact) mass is 491 g/mol. The lowest BCUT2D eigenvalue weighted by molar-refractivity contribution is 0.102. The van der Waals surface area contributed by atoms with Crippen LogP contribution in [0.4, 0.5) is 11.4 Å². The highest BCUT2D eigenvalue weighted by Crippen LogP contribution is 2.27. The summed E-state index contributed by atoms with van der Waals surface area (Å²) in [5, 5.41) is 7.45. The highest BCUT2D eigenvalue weighted by Gasteiger charge is 2.23. The minimum atomic E-state index is -3.69. The molecule has 0 aliphatic carbocycles. The molecule has 0 fully saturated rings. The number of benzene rings is 2. The van der Waals surface area contributed by atoms with Crippen LogP contribution >= 0.6 is 22.9 Å². The molecule has 2 N–H and O–H groups in total. The van der Waals surface area contributed by atoms with Gasteiger partial charge in [-0.2, -0.15) is 4.31 Å². The molecule has 1 aromatic heterocycles. The van der Waals surface area contributed by atoms with Crippen LogP contribution < -0.4 is 10.6 Å². The second kappa shape index (κ2) is 10.3. The summed E-state index contributed by atoms with van der Waals surface area (Å²) in [6.07, 6.45) is 0. The highest BCUT2D eigenvalue weighted by molar-refractivity contribution is 7.89. The van der Waals surface area contributed by atoms with E-state index in [9.17, 15) is 18.0 Å². The number of sulfonamides is 1. The summed E-state index contributed by atoms with van der Waals surface area (Å²) in [6, 6.07) is 14.1. The molecular formula is C22H22ClN3O4S2. The van der Waals surface area contributed by atoms with Crippen molar-refractivity contribution in [3.05, 3.63) is 75.4 Å². The third-order valence-electron chi connectivity index (χ3n) is 4.68. The van der Waals surface area contributed by atoms with Crippen molar-refractivity contribution in [2.24, 2.45) is 0 Å². The Morgan fingerprint density at radius 1 is 0.969 bits per heavy atom. The average Bonchev–Trinajstić information content (AvgIpc) is 3.31. The van der Waals surface area contributed by atoms with Crippen LogP contribution in [0.1, 0.15) is 33.9 Å². The zero-order chi connectivity index (χ0) is 23.3. The van der Waals surface area contributed by atoms with Gasteiger partial charge in [-0.05, 0) is 53.9 Å². The SMILES string of the molecule is CCN(CC)S(=O)(=O)c1ccc(Cl)c(NC(=O)c2ccc(NC(=O)c3cccs3)cc2)c1. The van der Waals surface area contributed by atoms with E-state index in [1.807, 2.05) is 5.38 Å². The summed E-state index contributed by atoms with van der Waals surface area (Å²) in [6.45, 7) is 4.18. The molecule has 0 spiro atoms. The molecular weight excluding hydrogens is 470 g/mol. The Morgan fingerprint density at radius 2 is 1.66 bits per heavy atom. The molecule has 1 heterocycles. The van der Waals surface area contributed by atoms with Gasteiger partial charge in [-0.1, -0.05) is 31.5 Å². The van der Waals surface area contributed by atoms with Gasteiger partial charge in [0.2, 0.25) is 10.0 Å². The van der Waals surface area contributed by atoms with Crippen LogP contribution in [0, 0.1) is 0 Å². The van der Waals surface area contributed by atoms with Crippen LogP contribution in [-0.4, -0.2) is 37.6 Å². The average molecular weight is 492 g/mol. The molecule has 0 saturated carbocycles. The van der Waals surface area contributed by atoms with Gasteiger partial charge < -0.3 is 10.6 Å². The van der Waals surface area contributed by atoms with Crippen LogP contribution in [0.15, 0.2) is 64.9 Å². The molecule has 7 nitrogen and oxygen atoms in total. The molecule has 3 rings (SSSR count). The Bertz CT molecular complexity index is 1210. The summed E-state index contributed by atoms with van der Waals surface area (Å²) in [7, 11) is -3.69. The number of hydrogen-bond donors (Lipinski definition) is 2. The lowest BCUT2D eigenvalue weighted by Crippen LogP contribution is -2.30. The lowest BCUT2D eigenvalue weighted by atomic mass is 10.2. The van der Waals surface area contributed by atoms with E-state index in [2.05, 4.69) is 10.6 Å². The molecule has 0 radical (unpaired) electrons. The second-order valence-electron chi connectivity index (χ2n) is 6.69. The molecule has 32 heavy (non-hydrogen) atoms. The summed E-state index contributed by atoms with van der Waals surface area (Å²) in [5.74, 6) is -0.685. The summed E-state index contributed by atoms with van der Waals surface area (Å²) in [4.78, 5) is 25.4. The molecule has 0 bridgehead atoms. The fraction of sp³-hybridized carbons (Fsp3) is 0.182. The Labute approximate surface area is 196 Å². The molecule has 0 aliphatic heterocycles. The fourth-order valence-corrected chi connectivity index (χ4v) is 5.24. The number of nitrogens with zero attached hydrogens (tertiary/aromatic N) is 1. The maximum Gasteiger partial charge on any atom is 0.265 e. The van der Waals surface area contributed by atoms with E-state index in [0.717, 1.165) is 0 Å². The summed E-state index contributed by atoms with van der Waals surface area (Å²) < 4.78 is 26.8. The largest absolute Gasteiger partial charge is 0.321 e. The van der Waals surface area contributed by atoms with E-state index < -0.39 is 15.9 Å². The number of thiophene rings is 1. The van der Waals surface area contributed by atoms with Crippen LogP contribution in [0.3, 0.4) is 0 Å². The van der Waals surface area contributed by atoms with Crippen molar-refractivity contribution >= 4 is 56.2 Å². The van der Waals surface area contributed by atoms with E-state index in [0.29, 0.717) is 29.2 Å². The molecule has 0 aliphatic rings. The van der Waals surface area contributed by atoms with Crippen molar-refractivity contribution < 1.29 is 18.0 Å². The van der Waals surface area contributed by atoms with E-state index >= 15 is 0 Å². The number of carbonyl (C=O) groups is 2. The predicted molar refractivity (Wildman–Crippen MR) is 128 cm³/mol. The maximum absolute atomic E-state index is 12.8. The molecule has 168 valence electrons. The number of nitrogens with one attached hydrogen (secondary N) is 2. The first-order valence-electron chi connectivity index (χ1n) is 9.82. The number of hydrogen-bond acceptors (Lipinski definition) is 5. The number of rotatable bonds is 8. The molecule has 2 aromatic carbocycles. The number of amides is 2. The van der Waals surface area contributed by atoms with Crippen molar-refractivity contribution in [3.63, 3.8) is 0 Å².